The maximum absolute atomic E-state index is 11.5. The number of nitrogens with zero attached hydrogens (tertiary/aromatic N) is 1. The summed E-state index contributed by atoms with van der Waals surface area (Å²) in [5, 5.41) is 47.2. The Morgan fingerprint density at radius 3 is 1.65 bits per heavy atom. The fraction of sp³-hybridized carbons (Fsp3) is 0.214. The van der Waals surface area contributed by atoms with E-state index in [0.717, 1.165) is 12.1 Å². The third kappa shape index (κ3) is 5.36. The van der Waals surface area contributed by atoms with Crippen molar-refractivity contribution in [3.8, 4) is 0 Å². The standard InChI is InChI=1S/C14H14N2O10/c17-10(18)3-15-8-1-7(14(25)26)9(2-6(8)13(23)24)16(4-11(19)20)5-12(21)22/h1-2,15H,3-5H2,(H,17,18)(H,19,20)(H,21,22)(H,23,24)(H,25,26). The first-order valence-electron chi connectivity index (χ1n) is 6.81. The molecule has 0 radical (unpaired) electrons. The quantitative estimate of drug-likeness (QED) is 0.310. The highest BCUT2D eigenvalue weighted by Gasteiger charge is 2.25. The van der Waals surface area contributed by atoms with Crippen LogP contribution in [0.3, 0.4) is 0 Å². The molecule has 1 aromatic rings. The summed E-state index contributed by atoms with van der Waals surface area (Å²) < 4.78 is 0. The number of carboxylic acids is 5. The molecule has 0 amide bonds. The van der Waals surface area contributed by atoms with Gasteiger partial charge in [0.15, 0.2) is 0 Å². The van der Waals surface area contributed by atoms with E-state index in [1.807, 2.05) is 0 Å². The molecule has 1 aromatic carbocycles. The van der Waals surface area contributed by atoms with Crippen LogP contribution in [-0.4, -0.2) is 75.0 Å². The highest BCUT2D eigenvalue weighted by molar-refractivity contribution is 6.03. The molecule has 12 nitrogen and oxygen atoms in total. The molecule has 0 aromatic heterocycles. The van der Waals surface area contributed by atoms with Crippen LogP contribution in [0.15, 0.2) is 12.1 Å². The van der Waals surface area contributed by atoms with Crippen LogP contribution in [0.4, 0.5) is 11.4 Å². The molecule has 0 saturated heterocycles. The van der Waals surface area contributed by atoms with Crippen LogP contribution in [0.5, 0.6) is 0 Å². The van der Waals surface area contributed by atoms with Crippen LogP contribution < -0.4 is 10.2 Å². The second-order valence-corrected chi connectivity index (χ2v) is 4.92. The summed E-state index contributed by atoms with van der Waals surface area (Å²) in [5.74, 6) is -7.40. The van der Waals surface area contributed by atoms with Gasteiger partial charge in [0.2, 0.25) is 0 Å². The van der Waals surface area contributed by atoms with Crippen molar-refractivity contribution < 1.29 is 49.5 Å². The average molecular weight is 370 g/mol. The molecule has 0 fully saturated rings. The van der Waals surface area contributed by atoms with Crippen molar-refractivity contribution in [2.45, 2.75) is 0 Å². The lowest BCUT2D eigenvalue weighted by atomic mass is 10.0. The molecule has 0 aliphatic heterocycles. The second kappa shape index (κ2) is 8.32. The zero-order valence-electron chi connectivity index (χ0n) is 13.0. The number of carboxylic acid groups (broad SMARTS) is 5. The summed E-state index contributed by atoms with van der Waals surface area (Å²) in [6.07, 6.45) is 0. The topological polar surface area (TPSA) is 202 Å². The average Bonchev–Trinajstić information content (AvgIpc) is 2.50. The number of aromatic carboxylic acids is 2. The van der Waals surface area contributed by atoms with Crippen LogP contribution in [0.25, 0.3) is 0 Å². The number of rotatable bonds is 10. The van der Waals surface area contributed by atoms with E-state index < -0.39 is 66.3 Å². The minimum absolute atomic E-state index is 0.327. The van der Waals surface area contributed by atoms with Crippen molar-refractivity contribution in [3.63, 3.8) is 0 Å². The number of nitrogens with one attached hydrogen (secondary N) is 1. The minimum Gasteiger partial charge on any atom is -0.480 e. The Hall–Kier alpha value is -3.83. The van der Waals surface area contributed by atoms with Crippen LogP contribution in [0.2, 0.25) is 0 Å². The van der Waals surface area contributed by atoms with E-state index in [0.29, 0.717) is 4.90 Å². The predicted molar refractivity (Wildman–Crippen MR) is 84.0 cm³/mol. The number of hydrogen-bond acceptors (Lipinski definition) is 7. The van der Waals surface area contributed by atoms with Crippen LogP contribution in [0.1, 0.15) is 20.7 Å². The van der Waals surface area contributed by atoms with Gasteiger partial charge < -0.3 is 35.7 Å². The smallest absolute Gasteiger partial charge is 0.337 e. The van der Waals surface area contributed by atoms with E-state index in [2.05, 4.69) is 5.32 Å². The Bertz CT molecular complexity index is 757. The third-order valence-corrected chi connectivity index (χ3v) is 3.02. The van der Waals surface area contributed by atoms with Gasteiger partial charge >= 0.3 is 29.8 Å². The maximum atomic E-state index is 11.5. The third-order valence-electron chi connectivity index (χ3n) is 3.02. The molecule has 0 atom stereocenters. The van der Waals surface area contributed by atoms with E-state index in [-0.39, 0.29) is 5.69 Å². The van der Waals surface area contributed by atoms with Gasteiger partial charge in [-0.25, -0.2) is 9.59 Å². The van der Waals surface area contributed by atoms with E-state index in [1.165, 1.54) is 0 Å². The molecule has 0 heterocycles. The lowest BCUT2D eigenvalue weighted by molar-refractivity contribution is -0.137. The van der Waals surface area contributed by atoms with Gasteiger partial charge in [-0.15, -0.1) is 0 Å². The molecule has 0 aliphatic rings. The fourth-order valence-corrected chi connectivity index (χ4v) is 2.07. The van der Waals surface area contributed by atoms with Crippen molar-refractivity contribution in [1.82, 2.24) is 0 Å². The molecule has 0 aliphatic carbocycles. The second-order valence-electron chi connectivity index (χ2n) is 4.92. The predicted octanol–water partition coefficient (Wildman–Crippen LogP) is -0.445. The highest BCUT2D eigenvalue weighted by atomic mass is 16.4. The van der Waals surface area contributed by atoms with Crippen molar-refractivity contribution >= 4 is 41.2 Å². The maximum Gasteiger partial charge on any atom is 0.337 e. The van der Waals surface area contributed by atoms with Crippen LogP contribution in [-0.2, 0) is 14.4 Å². The fourth-order valence-electron chi connectivity index (χ4n) is 2.07. The summed E-state index contributed by atoms with van der Waals surface area (Å²) >= 11 is 0. The van der Waals surface area contributed by atoms with E-state index in [9.17, 15) is 34.2 Å². The molecule has 0 bridgehead atoms. The van der Waals surface area contributed by atoms with Crippen molar-refractivity contribution in [2.75, 3.05) is 29.9 Å². The van der Waals surface area contributed by atoms with Gasteiger partial charge in [-0.1, -0.05) is 0 Å². The van der Waals surface area contributed by atoms with Gasteiger partial charge in [0.1, 0.15) is 19.6 Å². The van der Waals surface area contributed by atoms with E-state index in [1.54, 1.807) is 0 Å². The van der Waals surface area contributed by atoms with Gasteiger partial charge in [-0.3, -0.25) is 14.4 Å². The Morgan fingerprint density at radius 2 is 1.27 bits per heavy atom. The molecule has 12 heteroatoms. The van der Waals surface area contributed by atoms with Gasteiger partial charge in [0.25, 0.3) is 0 Å². The molecule has 1 rings (SSSR count). The van der Waals surface area contributed by atoms with E-state index >= 15 is 0 Å². The summed E-state index contributed by atoms with van der Waals surface area (Å²) in [4.78, 5) is 56.0. The largest absolute Gasteiger partial charge is 0.480 e. The molecule has 0 saturated carbocycles. The number of carbonyl (C=O) groups is 5. The van der Waals surface area contributed by atoms with Crippen LogP contribution in [0, 0.1) is 0 Å². The molecular weight excluding hydrogens is 356 g/mol. The zero-order valence-corrected chi connectivity index (χ0v) is 13.0. The Morgan fingerprint density at radius 1 is 0.769 bits per heavy atom. The minimum atomic E-state index is -1.59. The number of aliphatic carboxylic acids is 3. The monoisotopic (exact) mass is 370 g/mol. The van der Waals surface area contributed by atoms with Crippen molar-refractivity contribution in [1.29, 1.82) is 0 Å². The Balaban J connectivity index is 3.57. The summed E-state index contributed by atoms with van der Waals surface area (Å²) in [5.41, 5.74) is -1.91. The van der Waals surface area contributed by atoms with Crippen molar-refractivity contribution in [2.24, 2.45) is 0 Å². The summed E-state index contributed by atoms with van der Waals surface area (Å²) in [6, 6.07) is 1.59. The normalized spacial score (nSPS) is 10.0. The van der Waals surface area contributed by atoms with Gasteiger partial charge in [-0.05, 0) is 12.1 Å². The first-order chi connectivity index (χ1) is 12.0. The molecule has 26 heavy (non-hydrogen) atoms. The van der Waals surface area contributed by atoms with Crippen molar-refractivity contribution in [3.05, 3.63) is 23.3 Å². The first-order valence-corrected chi connectivity index (χ1v) is 6.81. The molecule has 140 valence electrons. The van der Waals surface area contributed by atoms with Crippen LogP contribution >= 0.6 is 0 Å². The molecule has 6 N–H and O–H groups in total. The molecule has 0 unspecified atom stereocenters. The number of anilines is 2. The Labute approximate surface area is 144 Å². The number of hydrogen-bond donors (Lipinski definition) is 6. The number of benzene rings is 1. The SMILES string of the molecule is O=C(O)CNc1cc(C(=O)O)c(N(CC(=O)O)CC(=O)O)cc1C(=O)O. The lowest BCUT2D eigenvalue weighted by Gasteiger charge is -2.24. The van der Waals surface area contributed by atoms with E-state index in [4.69, 9.17) is 15.3 Å². The molecular formula is C14H14N2O10. The highest BCUT2D eigenvalue weighted by Crippen LogP contribution is 2.29. The van der Waals surface area contributed by atoms with Gasteiger partial charge in [-0.2, -0.15) is 0 Å². The first kappa shape index (κ1) is 20.2. The van der Waals surface area contributed by atoms with Gasteiger partial charge in [0, 0.05) is 0 Å². The lowest BCUT2D eigenvalue weighted by Crippen LogP contribution is -2.35. The zero-order chi connectivity index (χ0) is 20.0. The summed E-state index contributed by atoms with van der Waals surface area (Å²) in [6.45, 7) is -2.49. The van der Waals surface area contributed by atoms with Gasteiger partial charge in [0.05, 0.1) is 22.5 Å². The Kier molecular flexibility index (Phi) is 6.47. The summed E-state index contributed by atoms with van der Waals surface area (Å²) in [7, 11) is 0. The molecule has 0 spiro atoms.